The third-order valence-corrected chi connectivity index (χ3v) is 7.44. The van der Waals surface area contributed by atoms with Gasteiger partial charge in [0.1, 0.15) is 17.4 Å². The molecule has 0 radical (unpaired) electrons. The molecular weight excluding hydrogens is 498 g/mol. The van der Waals surface area contributed by atoms with E-state index in [9.17, 15) is 4.79 Å². The van der Waals surface area contributed by atoms with Crippen LogP contribution in [0.25, 0.3) is 16.3 Å². The molecule has 10 heteroatoms. The second-order valence-electron chi connectivity index (χ2n) is 9.28. The van der Waals surface area contributed by atoms with Crippen molar-refractivity contribution in [2.24, 2.45) is 5.73 Å². The molecule has 5 rings (SSSR count). The van der Waals surface area contributed by atoms with Crippen LogP contribution in [0, 0.1) is 0 Å². The lowest BCUT2D eigenvalue weighted by Gasteiger charge is -2.16. The first-order valence-corrected chi connectivity index (χ1v) is 14.0. The summed E-state index contributed by atoms with van der Waals surface area (Å²) >= 11 is 1.62. The third kappa shape index (κ3) is 6.56. The lowest BCUT2D eigenvalue weighted by Crippen LogP contribution is -2.31. The maximum absolute atomic E-state index is 11.9. The number of amides is 2. The Bertz CT molecular complexity index is 1340. The number of ether oxygens (including phenoxy) is 1. The Morgan fingerprint density at radius 1 is 1.05 bits per heavy atom. The summed E-state index contributed by atoms with van der Waals surface area (Å²) in [5.74, 6) is 0.714. The number of urea groups is 1. The highest BCUT2D eigenvalue weighted by atomic mass is 32.1. The van der Waals surface area contributed by atoms with E-state index >= 15 is 0 Å². The molecule has 1 aliphatic rings. The molecule has 0 atom stereocenters. The number of hydrogen-bond donors (Lipinski definition) is 2. The van der Waals surface area contributed by atoms with Crippen molar-refractivity contribution in [1.82, 2.24) is 30.2 Å². The van der Waals surface area contributed by atoms with E-state index in [1.54, 1.807) is 20.9 Å². The summed E-state index contributed by atoms with van der Waals surface area (Å²) in [5.41, 5.74) is 10.7. The first-order valence-electron chi connectivity index (χ1n) is 13.1. The summed E-state index contributed by atoms with van der Waals surface area (Å²) in [4.78, 5) is 18.6. The number of benzene rings is 2. The molecular formula is C28H33N7O2S. The van der Waals surface area contributed by atoms with Gasteiger partial charge in [0.2, 0.25) is 0 Å². The van der Waals surface area contributed by atoms with Crippen molar-refractivity contribution >= 4 is 17.4 Å². The fourth-order valence-electron chi connectivity index (χ4n) is 4.39. The van der Waals surface area contributed by atoms with Gasteiger partial charge in [-0.1, -0.05) is 35.5 Å². The van der Waals surface area contributed by atoms with Crippen LogP contribution in [0.2, 0.25) is 0 Å². The van der Waals surface area contributed by atoms with Crippen molar-refractivity contribution in [3.8, 4) is 22.0 Å². The second kappa shape index (κ2) is 12.7. The van der Waals surface area contributed by atoms with E-state index < -0.39 is 0 Å². The number of rotatable bonds is 13. The molecule has 1 saturated heterocycles. The van der Waals surface area contributed by atoms with Gasteiger partial charge in [0.05, 0.1) is 35.4 Å². The largest absolute Gasteiger partial charge is 0.491 e. The van der Waals surface area contributed by atoms with Crippen LogP contribution in [0.3, 0.4) is 0 Å². The number of thiazole rings is 1. The molecule has 198 valence electrons. The number of carbonyl (C=O) groups excluding carboxylic acids is 1. The number of aromatic nitrogens is 4. The lowest BCUT2D eigenvalue weighted by atomic mass is 10.1. The highest BCUT2D eigenvalue weighted by Crippen LogP contribution is 2.34. The van der Waals surface area contributed by atoms with Crippen LogP contribution in [-0.4, -0.2) is 63.7 Å². The number of hydrogen-bond acceptors (Lipinski definition) is 7. The smallest absolute Gasteiger partial charge is 0.317 e. The van der Waals surface area contributed by atoms with Gasteiger partial charge in [-0.2, -0.15) is 0 Å². The monoisotopic (exact) mass is 531 g/mol. The Labute approximate surface area is 226 Å². The van der Waals surface area contributed by atoms with Crippen molar-refractivity contribution < 1.29 is 9.53 Å². The van der Waals surface area contributed by atoms with E-state index in [1.165, 1.54) is 5.56 Å². The first-order chi connectivity index (χ1) is 18.7. The third-order valence-electron chi connectivity index (χ3n) is 6.52. The zero-order valence-corrected chi connectivity index (χ0v) is 22.2. The van der Waals surface area contributed by atoms with Crippen LogP contribution in [0.1, 0.15) is 29.8 Å². The van der Waals surface area contributed by atoms with Crippen molar-refractivity contribution in [2.45, 2.75) is 32.1 Å². The SMILES string of the molecule is NCCCCc1cn(-c2ccc(-c3nc(CCc4ccccc4)cs3)c(OCCN3CCNC3=O)c2)nn1. The fourth-order valence-corrected chi connectivity index (χ4v) is 5.28. The van der Waals surface area contributed by atoms with Crippen molar-refractivity contribution in [2.75, 3.05) is 32.8 Å². The summed E-state index contributed by atoms with van der Waals surface area (Å²) in [6, 6.07) is 16.4. The van der Waals surface area contributed by atoms with Crippen LogP contribution in [0.5, 0.6) is 5.75 Å². The van der Waals surface area contributed by atoms with E-state index in [1.807, 2.05) is 30.5 Å². The van der Waals surface area contributed by atoms with Crippen molar-refractivity contribution in [3.63, 3.8) is 0 Å². The molecule has 2 aromatic carbocycles. The molecule has 0 aliphatic carbocycles. The van der Waals surface area contributed by atoms with Gasteiger partial charge >= 0.3 is 6.03 Å². The second-order valence-corrected chi connectivity index (χ2v) is 10.1. The molecule has 2 aromatic heterocycles. The summed E-state index contributed by atoms with van der Waals surface area (Å²) in [7, 11) is 0. The highest BCUT2D eigenvalue weighted by Gasteiger charge is 2.20. The Morgan fingerprint density at radius 3 is 2.76 bits per heavy atom. The first kappa shape index (κ1) is 25.9. The fraction of sp³-hybridized carbons (Fsp3) is 0.357. The van der Waals surface area contributed by atoms with Crippen LogP contribution >= 0.6 is 11.3 Å². The summed E-state index contributed by atoms with van der Waals surface area (Å²) in [5, 5.41) is 14.5. The number of nitrogens with zero attached hydrogens (tertiary/aromatic N) is 5. The van der Waals surface area contributed by atoms with Crippen LogP contribution in [0.15, 0.2) is 60.1 Å². The molecule has 4 aromatic rings. The Kier molecular flexibility index (Phi) is 8.62. The van der Waals surface area contributed by atoms with Crippen molar-refractivity contribution in [3.05, 3.63) is 77.1 Å². The molecule has 0 spiro atoms. The van der Waals surface area contributed by atoms with Gasteiger partial charge in [-0.3, -0.25) is 0 Å². The van der Waals surface area contributed by atoms with E-state index in [4.69, 9.17) is 15.5 Å². The molecule has 3 N–H and O–H groups in total. The predicted molar refractivity (Wildman–Crippen MR) is 149 cm³/mol. The summed E-state index contributed by atoms with van der Waals surface area (Å²) < 4.78 is 8.03. The van der Waals surface area contributed by atoms with Crippen LogP contribution in [-0.2, 0) is 19.3 Å². The molecule has 1 aliphatic heterocycles. The predicted octanol–water partition coefficient (Wildman–Crippen LogP) is 3.86. The maximum Gasteiger partial charge on any atom is 0.317 e. The molecule has 0 unspecified atom stereocenters. The number of unbranched alkanes of at least 4 members (excludes halogenated alkanes) is 1. The van der Waals surface area contributed by atoms with Gasteiger partial charge in [0.15, 0.2) is 0 Å². The summed E-state index contributed by atoms with van der Waals surface area (Å²) in [6.07, 6.45) is 6.59. The molecule has 0 bridgehead atoms. The number of nitrogens with two attached hydrogens (primary N) is 1. The van der Waals surface area contributed by atoms with E-state index in [-0.39, 0.29) is 6.03 Å². The van der Waals surface area contributed by atoms with E-state index in [2.05, 4.69) is 45.3 Å². The van der Waals surface area contributed by atoms with Crippen molar-refractivity contribution in [1.29, 1.82) is 0 Å². The number of carbonyl (C=O) groups is 1. The Hall–Kier alpha value is -3.76. The molecule has 3 heterocycles. The van der Waals surface area contributed by atoms with Gasteiger partial charge < -0.3 is 20.7 Å². The van der Waals surface area contributed by atoms with Gasteiger partial charge in [-0.15, -0.1) is 16.4 Å². The minimum atomic E-state index is -0.0460. The van der Waals surface area contributed by atoms with E-state index in [0.717, 1.165) is 59.8 Å². The molecule has 1 fully saturated rings. The molecule has 38 heavy (non-hydrogen) atoms. The Morgan fingerprint density at radius 2 is 1.95 bits per heavy atom. The van der Waals surface area contributed by atoms with Gasteiger partial charge in [-0.05, 0) is 56.3 Å². The number of aryl methyl sites for hydroxylation is 3. The standard InChI is InChI=1S/C28H33N7O2S/c29-13-5-4-8-22-19-35(33-32-22)24-11-12-25(26(18-24)37-17-16-34-15-14-30-28(34)36)27-31-23(20-38-27)10-9-21-6-2-1-3-7-21/h1-3,6-7,11-12,18-20H,4-5,8-10,13-17,29H2,(H,30,36). The van der Waals surface area contributed by atoms with Crippen LogP contribution < -0.4 is 15.8 Å². The topological polar surface area (TPSA) is 111 Å². The normalized spacial score (nSPS) is 13.2. The maximum atomic E-state index is 11.9. The molecule has 0 saturated carbocycles. The minimum Gasteiger partial charge on any atom is -0.491 e. The Balaban J connectivity index is 1.33. The van der Waals surface area contributed by atoms with Gasteiger partial charge in [0.25, 0.3) is 0 Å². The average Bonchev–Trinajstić information content (AvgIpc) is 3.70. The number of nitrogens with one attached hydrogen (secondary N) is 1. The zero-order valence-electron chi connectivity index (χ0n) is 21.4. The quantitative estimate of drug-likeness (QED) is 0.254. The molecule has 2 amide bonds. The van der Waals surface area contributed by atoms with Crippen LogP contribution in [0.4, 0.5) is 4.79 Å². The zero-order chi connectivity index (χ0) is 26.2. The van der Waals surface area contributed by atoms with E-state index in [0.29, 0.717) is 38.5 Å². The minimum absolute atomic E-state index is 0.0460. The molecule has 9 nitrogen and oxygen atoms in total. The lowest BCUT2D eigenvalue weighted by molar-refractivity contribution is 0.203. The average molecular weight is 532 g/mol. The van der Waals surface area contributed by atoms with Gasteiger partial charge in [-0.25, -0.2) is 14.5 Å². The summed E-state index contributed by atoms with van der Waals surface area (Å²) in [6.45, 7) is 2.95. The van der Waals surface area contributed by atoms with Gasteiger partial charge in [0, 0.05) is 24.5 Å². The highest BCUT2D eigenvalue weighted by molar-refractivity contribution is 7.13.